The van der Waals surface area contributed by atoms with E-state index in [4.69, 9.17) is 9.84 Å². The van der Waals surface area contributed by atoms with E-state index < -0.39 is 5.66 Å². The molecule has 0 N–H and O–H groups in total. The van der Waals surface area contributed by atoms with E-state index in [1.165, 1.54) is 12.1 Å². The zero-order valence-corrected chi connectivity index (χ0v) is 19.7. The second-order valence-electron chi connectivity index (χ2n) is 10.5. The first-order valence-corrected chi connectivity index (χ1v) is 11.6. The number of hydrogen-bond acceptors (Lipinski definition) is 4. The summed E-state index contributed by atoms with van der Waals surface area (Å²) in [7, 11) is 0. The highest BCUT2D eigenvalue weighted by Crippen LogP contribution is 2.37. The Bertz CT molecular complexity index is 1360. The van der Waals surface area contributed by atoms with Crippen molar-refractivity contribution in [2.45, 2.75) is 44.8 Å². The lowest BCUT2D eigenvalue weighted by atomic mass is 9.87. The number of fused-ring (bicyclic) bond motifs is 5. The van der Waals surface area contributed by atoms with Gasteiger partial charge in [0.1, 0.15) is 11.5 Å². The van der Waals surface area contributed by atoms with Crippen LogP contribution in [0.25, 0.3) is 16.9 Å². The number of rotatable bonds is 2. The third-order valence-electron chi connectivity index (χ3n) is 7.32. The van der Waals surface area contributed by atoms with Gasteiger partial charge in [-0.05, 0) is 35.7 Å². The summed E-state index contributed by atoms with van der Waals surface area (Å²) in [5.74, 6) is -0.582. The maximum Gasteiger partial charge on any atom is 0.314 e. The SMILES string of the molecule is CC(C)(C)c1cc(-c2ccc(F)cc2)nn2cc3[n+](c12)C1(C)C(=O)N(C2COC2)CCN1C3=O. The molecule has 0 radical (unpaired) electrons. The van der Waals surface area contributed by atoms with E-state index >= 15 is 0 Å². The van der Waals surface area contributed by atoms with Gasteiger partial charge in [-0.25, -0.2) is 4.39 Å². The van der Waals surface area contributed by atoms with E-state index in [1.54, 1.807) is 27.7 Å². The highest BCUT2D eigenvalue weighted by atomic mass is 19.1. The molecular formula is C25H27FN5O3+. The molecule has 1 unspecified atom stereocenters. The Kier molecular flexibility index (Phi) is 4.27. The average Bonchev–Trinajstić information content (AvgIpc) is 3.23. The summed E-state index contributed by atoms with van der Waals surface area (Å²) < 4.78 is 22.4. The van der Waals surface area contributed by atoms with Gasteiger partial charge >= 0.3 is 11.6 Å². The van der Waals surface area contributed by atoms with Gasteiger partial charge in [0.2, 0.25) is 5.69 Å². The summed E-state index contributed by atoms with van der Waals surface area (Å²) in [6, 6.07) is 8.23. The number of halogens is 1. The van der Waals surface area contributed by atoms with Gasteiger partial charge in [-0.1, -0.05) is 30.4 Å². The largest absolute Gasteiger partial charge is 0.377 e. The zero-order valence-electron chi connectivity index (χ0n) is 19.7. The monoisotopic (exact) mass is 464 g/mol. The number of ether oxygens (including phenoxy) is 1. The Morgan fingerprint density at radius 3 is 2.47 bits per heavy atom. The van der Waals surface area contributed by atoms with Crippen LogP contribution in [0.1, 0.15) is 43.7 Å². The quantitative estimate of drug-likeness (QED) is 0.545. The summed E-state index contributed by atoms with van der Waals surface area (Å²) in [5, 5.41) is 4.78. The molecule has 0 spiro atoms. The van der Waals surface area contributed by atoms with Gasteiger partial charge in [-0.15, -0.1) is 0 Å². The van der Waals surface area contributed by atoms with Crippen LogP contribution in [0, 0.1) is 5.82 Å². The maximum atomic E-state index is 13.9. The molecule has 5 heterocycles. The molecule has 0 saturated carbocycles. The number of nitrogens with zero attached hydrogens (tertiary/aromatic N) is 5. The van der Waals surface area contributed by atoms with Gasteiger partial charge < -0.3 is 9.64 Å². The molecule has 2 amide bonds. The first-order valence-electron chi connectivity index (χ1n) is 11.6. The number of imidazole rings is 1. The minimum atomic E-state index is -1.17. The van der Waals surface area contributed by atoms with Crippen LogP contribution in [-0.4, -0.2) is 63.6 Å². The number of carbonyl (C=O) groups is 2. The normalized spacial score (nSPS) is 22.9. The first kappa shape index (κ1) is 21.2. The fraction of sp³-hybridized carbons (Fsp3) is 0.440. The van der Waals surface area contributed by atoms with E-state index in [1.807, 2.05) is 22.5 Å². The molecule has 2 aromatic heterocycles. The summed E-state index contributed by atoms with van der Waals surface area (Å²) in [6.07, 6.45) is 1.72. The van der Waals surface area contributed by atoms with Crippen molar-refractivity contribution in [2.24, 2.45) is 0 Å². The van der Waals surface area contributed by atoms with Crippen molar-refractivity contribution in [3.63, 3.8) is 0 Å². The fourth-order valence-corrected chi connectivity index (χ4v) is 5.34. The van der Waals surface area contributed by atoms with Crippen LogP contribution in [0.4, 0.5) is 4.39 Å². The van der Waals surface area contributed by atoms with Crippen LogP contribution < -0.4 is 4.57 Å². The minimum Gasteiger partial charge on any atom is -0.377 e. The molecule has 1 atom stereocenters. The van der Waals surface area contributed by atoms with Crippen molar-refractivity contribution >= 4 is 17.5 Å². The summed E-state index contributed by atoms with van der Waals surface area (Å²) >= 11 is 0. The molecule has 0 aliphatic carbocycles. The summed E-state index contributed by atoms with van der Waals surface area (Å²) in [4.78, 5) is 30.9. The van der Waals surface area contributed by atoms with E-state index in [0.29, 0.717) is 43.3 Å². The lowest BCUT2D eigenvalue weighted by Gasteiger charge is -2.46. The van der Waals surface area contributed by atoms with Gasteiger partial charge in [-0.3, -0.25) is 14.5 Å². The second kappa shape index (κ2) is 6.85. The van der Waals surface area contributed by atoms with Gasteiger partial charge in [-0.2, -0.15) is 4.57 Å². The molecule has 0 bridgehead atoms. The Morgan fingerprint density at radius 1 is 1.15 bits per heavy atom. The third kappa shape index (κ3) is 2.73. The molecule has 3 aliphatic rings. The van der Waals surface area contributed by atoms with E-state index in [-0.39, 0.29) is 29.1 Å². The Hall–Kier alpha value is -3.33. The molecule has 6 rings (SSSR count). The van der Waals surface area contributed by atoms with Crippen LogP contribution in [0.5, 0.6) is 0 Å². The molecule has 1 aromatic carbocycles. The lowest BCUT2D eigenvalue weighted by Crippen LogP contribution is -2.74. The number of carbonyl (C=O) groups excluding carboxylic acids is 2. The van der Waals surface area contributed by atoms with Gasteiger partial charge in [0.15, 0.2) is 6.20 Å². The Balaban J connectivity index is 1.59. The minimum absolute atomic E-state index is 0.0467. The number of benzene rings is 1. The van der Waals surface area contributed by atoms with Gasteiger partial charge in [0.25, 0.3) is 11.6 Å². The maximum absolute atomic E-state index is 13.9. The first-order chi connectivity index (χ1) is 16.1. The zero-order chi connectivity index (χ0) is 24.0. The van der Waals surface area contributed by atoms with Crippen LogP contribution in [0.3, 0.4) is 0 Å². The van der Waals surface area contributed by atoms with Gasteiger partial charge in [0.05, 0.1) is 24.8 Å². The van der Waals surface area contributed by atoms with Crippen molar-refractivity contribution in [2.75, 3.05) is 26.3 Å². The van der Waals surface area contributed by atoms with E-state index in [2.05, 4.69) is 20.8 Å². The average molecular weight is 465 g/mol. The number of aromatic nitrogens is 3. The molecule has 9 heteroatoms. The molecule has 2 saturated heterocycles. The lowest BCUT2D eigenvalue weighted by molar-refractivity contribution is -0.733. The highest BCUT2D eigenvalue weighted by Gasteiger charge is 2.63. The second-order valence-corrected chi connectivity index (χ2v) is 10.5. The standard InChI is InChI=1S/C25H27FN5O3/c1-24(2,3)18-11-19(15-5-7-16(26)8-6-15)27-30-12-20-22(32)29-10-9-28(17-13-34-14-17)23(33)25(29,4)31(20)21(18)30/h5-8,11-12,17H,9-10,13-14H2,1-4H3/q+1. The molecular weight excluding hydrogens is 437 g/mol. The number of hydrogen-bond donors (Lipinski definition) is 0. The van der Waals surface area contributed by atoms with Crippen LogP contribution in [0.2, 0.25) is 0 Å². The number of amides is 2. The van der Waals surface area contributed by atoms with E-state index in [0.717, 1.165) is 11.1 Å². The van der Waals surface area contributed by atoms with Crippen molar-refractivity contribution < 1.29 is 23.3 Å². The fourth-order valence-electron chi connectivity index (χ4n) is 5.34. The van der Waals surface area contributed by atoms with Crippen molar-refractivity contribution in [1.29, 1.82) is 0 Å². The van der Waals surface area contributed by atoms with Gasteiger partial charge in [0, 0.05) is 25.6 Å². The van der Waals surface area contributed by atoms with Crippen LogP contribution in [0.15, 0.2) is 36.5 Å². The summed E-state index contributed by atoms with van der Waals surface area (Å²) in [5.41, 5.74) is 2.06. The van der Waals surface area contributed by atoms with Crippen LogP contribution in [-0.2, 0) is 20.6 Å². The topological polar surface area (TPSA) is 71.0 Å². The smallest absolute Gasteiger partial charge is 0.314 e. The van der Waals surface area contributed by atoms with E-state index in [9.17, 15) is 14.0 Å². The predicted molar refractivity (Wildman–Crippen MR) is 120 cm³/mol. The predicted octanol–water partition coefficient (Wildman–Crippen LogP) is 2.09. The Morgan fingerprint density at radius 2 is 1.85 bits per heavy atom. The third-order valence-corrected chi connectivity index (χ3v) is 7.32. The molecule has 34 heavy (non-hydrogen) atoms. The van der Waals surface area contributed by atoms with Crippen molar-refractivity contribution in [3.05, 3.63) is 53.6 Å². The number of piperazine rings is 1. The molecule has 3 aliphatic heterocycles. The molecule has 176 valence electrons. The highest BCUT2D eigenvalue weighted by molar-refractivity contribution is 5.99. The molecule has 8 nitrogen and oxygen atoms in total. The van der Waals surface area contributed by atoms with Crippen molar-refractivity contribution in [1.82, 2.24) is 19.4 Å². The van der Waals surface area contributed by atoms with Crippen LogP contribution >= 0.6 is 0 Å². The summed E-state index contributed by atoms with van der Waals surface area (Å²) in [6.45, 7) is 10.1. The Labute approximate surface area is 196 Å². The molecule has 2 fully saturated rings. The molecule has 3 aromatic rings. The van der Waals surface area contributed by atoms with Crippen molar-refractivity contribution in [3.8, 4) is 11.3 Å².